The maximum atomic E-state index is 12.9. The first-order valence-corrected chi connectivity index (χ1v) is 8.76. The Labute approximate surface area is 144 Å². The molecule has 2 saturated carbocycles. The minimum Gasteiger partial charge on any atom is -0.278 e. The molecule has 0 N–H and O–H groups in total. The molecular weight excluding hydrogens is 333 g/mol. The molecule has 23 heavy (non-hydrogen) atoms. The van der Waals surface area contributed by atoms with E-state index in [-0.39, 0.29) is 47.4 Å². The number of carbonyl (C=O) groups excluding carboxylic acids is 2. The number of benzene rings is 1. The molecule has 1 aromatic rings. The highest BCUT2D eigenvalue weighted by atomic mass is 35.5. The van der Waals surface area contributed by atoms with Gasteiger partial charge in [0, 0.05) is 10.0 Å². The largest absolute Gasteiger partial charge is 0.278 e. The highest BCUT2D eigenvalue weighted by Gasteiger charge is 2.73. The lowest BCUT2D eigenvalue weighted by molar-refractivity contribution is -0.141. The Kier molecular flexibility index (Phi) is 2.69. The van der Waals surface area contributed by atoms with Crippen LogP contribution in [0.4, 0.5) is 0 Å². The molecule has 1 heterocycles. The van der Waals surface area contributed by atoms with Crippen molar-refractivity contribution in [1.29, 1.82) is 0 Å². The third-order valence-electron chi connectivity index (χ3n) is 6.29. The number of carbonyl (C=O) groups is 2. The second-order valence-electron chi connectivity index (χ2n) is 7.22. The van der Waals surface area contributed by atoms with Crippen molar-refractivity contribution in [3.8, 4) is 0 Å². The van der Waals surface area contributed by atoms with E-state index in [9.17, 15) is 9.59 Å². The van der Waals surface area contributed by atoms with Gasteiger partial charge in [-0.2, -0.15) is 0 Å². The summed E-state index contributed by atoms with van der Waals surface area (Å²) < 4.78 is 0. The van der Waals surface area contributed by atoms with Gasteiger partial charge in [0.1, 0.15) is 0 Å². The van der Waals surface area contributed by atoms with Gasteiger partial charge in [-0.15, -0.1) is 0 Å². The zero-order valence-electron chi connectivity index (χ0n) is 12.3. The summed E-state index contributed by atoms with van der Waals surface area (Å²) in [5.74, 6) is 0.194. The average molecular weight is 348 g/mol. The third kappa shape index (κ3) is 1.67. The summed E-state index contributed by atoms with van der Waals surface area (Å²) in [5, 5.41) is 1.04. The third-order valence-corrected chi connectivity index (χ3v) is 6.87. The molecule has 4 aliphatic rings. The van der Waals surface area contributed by atoms with Crippen molar-refractivity contribution in [2.75, 3.05) is 0 Å². The van der Waals surface area contributed by atoms with Gasteiger partial charge in [-0.3, -0.25) is 14.5 Å². The SMILES string of the molecule is O=C1[C@@H]2[C@H](C(=O)N1Cc1ccc(Cl)cc1Cl)[C@@H]1C=C[C@@H]2C12CC2. The van der Waals surface area contributed by atoms with Gasteiger partial charge < -0.3 is 0 Å². The smallest absolute Gasteiger partial charge is 0.234 e. The van der Waals surface area contributed by atoms with Crippen LogP contribution in [0.15, 0.2) is 30.4 Å². The Bertz CT molecular complexity index is 749. The molecule has 1 aromatic carbocycles. The predicted octanol–water partition coefficient (Wildman–Crippen LogP) is 3.69. The number of fused-ring (bicyclic) bond motifs is 3. The zero-order chi connectivity index (χ0) is 15.9. The predicted molar refractivity (Wildman–Crippen MR) is 86.8 cm³/mol. The number of amides is 2. The van der Waals surface area contributed by atoms with Gasteiger partial charge in [0.15, 0.2) is 0 Å². The average Bonchev–Trinajstić information content (AvgIpc) is 3.12. The van der Waals surface area contributed by atoms with E-state index in [0.29, 0.717) is 10.0 Å². The van der Waals surface area contributed by atoms with Crippen molar-refractivity contribution < 1.29 is 9.59 Å². The van der Waals surface area contributed by atoms with Gasteiger partial charge in [-0.1, -0.05) is 41.4 Å². The lowest BCUT2D eigenvalue weighted by Gasteiger charge is -2.22. The maximum absolute atomic E-state index is 12.9. The lowest BCUT2D eigenvalue weighted by Crippen LogP contribution is -2.34. The summed E-state index contributed by atoms with van der Waals surface area (Å²) in [6.07, 6.45) is 6.68. The number of imide groups is 1. The van der Waals surface area contributed by atoms with Gasteiger partial charge in [-0.25, -0.2) is 0 Å². The summed E-state index contributed by atoms with van der Waals surface area (Å²) >= 11 is 12.1. The summed E-state index contributed by atoms with van der Waals surface area (Å²) in [6.45, 7) is 0.243. The highest BCUT2D eigenvalue weighted by Crippen LogP contribution is 2.73. The van der Waals surface area contributed by atoms with Crippen LogP contribution >= 0.6 is 23.2 Å². The van der Waals surface area contributed by atoms with E-state index in [4.69, 9.17) is 23.2 Å². The molecule has 0 aromatic heterocycles. The number of halogens is 2. The molecule has 3 fully saturated rings. The van der Waals surface area contributed by atoms with E-state index < -0.39 is 0 Å². The van der Waals surface area contributed by atoms with Crippen LogP contribution in [0.25, 0.3) is 0 Å². The van der Waals surface area contributed by atoms with Gasteiger partial charge >= 0.3 is 0 Å². The van der Waals surface area contributed by atoms with E-state index >= 15 is 0 Å². The van der Waals surface area contributed by atoms with Crippen LogP contribution in [0.3, 0.4) is 0 Å². The molecule has 1 aliphatic heterocycles. The number of rotatable bonds is 2. The molecule has 4 atom stereocenters. The van der Waals surface area contributed by atoms with Crippen LogP contribution in [-0.2, 0) is 16.1 Å². The fraction of sp³-hybridized carbons (Fsp3) is 0.444. The normalized spacial score (nSPS) is 35.5. The first-order chi connectivity index (χ1) is 11.0. The van der Waals surface area contributed by atoms with Gasteiger partial charge in [-0.05, 0) is 47.8 Å². The van der Waals surface area contributed by atoms with Crippen LogP contribution in [0.2, 0.25) is 10.0 Å². The molecule has 0 radical (unpaired) electrons. The van der Waals surface area contributed by atoms with E-state index in [0.717, 1.165) is 18.4 Å². The molecule has 2 amide bonds. The molecule has 3 nitrogen and oxygen atoms in total. The number of allylic oxidation sites excluding steroid dienone is 2. The Balaban J connectivity index is 1.46. The first-order valence-electron chi connectivity index (χ1n) is 8.00. The molecular formula is C18H15Cl2NO2. The Hall–Kier alpha value is -1.32. The van der Waals surface area contributed by atoms with Gasteiger partial charge in [0.05, 0.1) is 18.4 Å². The minimum absolute atomic E-state index is 0.0193. The molecule has 5 heteroatoms. The van der Waals surface area contributed by atoms with E-state index in [1.165, 1.54) is 4.90 Å². The topological polar surface area (TPSA) is 37.4 Å². The number of hydrogen-bond donors (Lipinski definition) is 0. The fourth-order valence-electron chi connectivity index (χ4n) is 5.12. The van der Waals surface area contributed by atoms with Crippen LogP contribution in [0.1, 0.15) is 18.4 Å². The number of nitrogens with zero attached hydrogens (tertiary/aromatic N) is 1. The van der Waals surface area contributed by atoms with Crippen molar-refractivity contribution in [2.24, 2.45) is 29.1 Å². The van der Waals surface area contributed by atoms with Crippen LogP contribution in [0.5, 0.6) is 0 Å². The number of hydrogen-bond acceptors (Lipinski definition) is 2. The summed E-state index contributed by atoms with van der Waals surface area (Å²) in [6, 6.07) is 5.17. The fourth-order valence-corrected chi connectivity index (χ4v) is 5.58. The molecule has 118 valence electrons. The van der Waals surface area contributed by atoms with Crippen molar-refractivity contribution in [3.63, 3.8) is 0 Å². The van der Waals surface area contributed by atoms with Crippen LogP contribution in [0, 0.1) is 29.1 Å². The van der Waals surface area contributed by atoms with Crippen molar-refractivity contribution in [2.45, 2.75) is 19.4 Å². The summed E-state index contributed by atoms with van der Waals surface area (Å²) in [7, 11) is 0. The zero-order valence-corrected chi connectivity index (χ0v) is 13.8. The second kappa shape index (κ2) is 4.40. The molecule has 1 spiro atoms. The summed E-state index contributed by atoms with van der Waals surface area (Å²) in [5.41, 5.74) is 1.00. The lowest BCUT2D eigenvalue weighted by atomic mass is 9.85. The maximum Gasteiger partial charge on any atom is 0.234 e. The first kappa shape index (κ1) is 14.1. The second-order valence-corrected chi connectivity index (χ2v) is 8.06. The highest BCUT2D eigenvalue weighted by molar-refractivity contribution is 6.35. The molecule has 3 aliphatic carbocycles. The Morgan fingerprint density at radius 2 is 1.65 bits per heavy atom. The molecule has 1 saturated heterocycles. The van der Waals surface area contributed by atoms with Crippen LogP contribution in [-0.4, -0.2) is 16.7 Å². The number of likely N-dealkylation sites (tertiary alicyclic amines) is 1. The Morgan fingerprint density at radius 1 is 1.04 bits per heavy atom. The minimum atomic E-state index is -0.147. The standard InChI is InChI=1S/C18H15Cl2NO2/c19-10-2-1-9(13(20)7-10)8-21-16(22)14-11-3-4-12(15(14)17(21)23)18(11)5-6-18/h1-4,7,11-12,14-15H,5-6,8H2/t11-,12-,14-,15+/m0/s1. The molecule has 5 rings (SSSR count). The van der Waals surface area contributed by atoms with Crippen molar-refractivity contribution in [3.05, 3.63) is 46.0 Å². The van der Waals surface area contributed by atoms with Gasteiger partial charge in [0.2, 0.25) is 11.8 Å². The van der Waals surface area contributed by atoms with E-state index in [2.05, 4.69) is 12.2 Å². The molecule has 0 unspecified atom stereocenters. The van der Waals surface area contributed by atoms with Gasteiger partial charge in [0.25, 0.3) is 0 Å². The summed E-state index contributed by atoms with van der Waals surface area (Å²) in [4.78, 5) is 27.2. The molecule has 2 bridgehead atoms. The Morgan fingerprint density at radius 3 is 2.17 bits per heavy atom. The van der Waals surface area contributed by atoms with E-state index in [1.54, 1.807) is 18.2 Å². The monoisotopic (exact) mass is 347 g/mol. The van der Waals surface area contributed by atoms with Crippen LogP contribution < -0.4 is 0 Å². The van der Waals surface area contributed by atoms with E-state index in [1.807, 2.05) is 0 Å². The quantitative estimate of drug-likeness (QED) is 0.604. The van der Waals surface area contributed by atoms with Crippen molar-refractivity contribution >= 4 is 35.0 Å². The van der Waals surface area contributed by atoms with Crippen molar-refractivity contribution in [1.82, 2.24) is 4.90 Å².